The molecule has 0 aromatic carbocycles. The normalized spacial score (nSPS) is 12.9. The molecule has 4 heteroatoms. The van der Waals surface area contributed by atoms with Crippen LogP contribution in [0.1, 0.15) is 26.2 Å². The summed E-state index contributed by atoms with van der Waals surface area (Å²) < 4.78 is 2.07. The predicted octanol–water partition coefficient (Wildman–Crippen LogP) is 1.02. The van der Waals surface area contributed by atoms with Crippen LogP contribution in [0, 0.1) is 0 Å². The first kappa shape index (κ1) is 12.2. The summed E-state index contributed by atoms with van der Waals surface area (Å²) in [6, 6.07) is 0.466. The third kappa shape index (κ3) is 5.54. The number of imidazole rings is 1. The molecule has 0 aliphatic carbocycles. The lowest BCUT2D eigenvalue weighted by atomic mass is 10.2. The molecule has 1 atom stereocenters. The molecule has 1 aromatic rings. The minimum Gasteiger partial charge on any atom is -0.396 e. The van der Waals surface area contributed by atoms with Crippen molar-refractivity contribution in [2.24, 2.45) is 0 Å². The van der Waals surface area contributed by atoms with Gasteiger partial charge in [-0.25, -0.2) is 4.98 Å². The average Bonchev–Trinajstić information content (AvgIpc) is 2.70. The van der Waals surface area contributed by atoms with Gasteiger partial charge in [0, 0.05) is 31.6 Å². The van der Waals surface area contributed by atoms with Crippen LogP contribution in [0.15, 0.2) is 18.7 Å². The Morgan fingerprint density at radius 1 is 1.40 bits per heavy atom. The van der Waals surface area contributed by atoms with Crippen molar-refractivity contribution in [1.82, 2.24) is 14.9 Å². The van der Waals surface area contributed by atoms with Gasteiger partial charge in [0.05, 0.1) is 6.33 Å². The van der Waals surface area contributed by atoms with Crippen LogP contribution in [0.4, 0.5) is 0 Å². The Kier molecular flexibility index (Phi) is 6.04. The highest BCUT2D eigenvalue weighted by molar-refractivity contribution is 4.76. The minimum atomic E-state index is 0.310. The van der Waals surface area contributed by atoms with E-state index in [1.165, 1.54) is 0 Å². The molecule has 4 nitrogen and oxygen atoms in total. The standard InChI is InChI=1S/C11H21N3O/c1-11(9-14-7-6-12-10-14)13-5-3-2-4-8-15/h6-7,10-11,13,15H,2-5,8-9H2,1H3. The first-order valence-corrected chi connectivity index (χ1v) is 5.63. The van der Waals surface area contributed by atoms with E-state index in [0.717, 1.165) is 32.4 Å². The van der Waals surface area contributed by atoms with Gasteiger partial charge in [-0.1, -0.05) is 0 Å². The van der Waals surface area contributed by atoms with E-state index < -0.39 is 0 Å². The summed E-state index contributed by atoms with van der Waals surface area (Å²) in [5, 5.41) is 12.1. The van der Waals surface area contributed by atoms with Gasteiger partial charge < -0.3 is 15.0 Å². The molecule has 0 aliphatic heterocycles. The maximum atomic E-state index is 8.62. The quantitative estimate of drug-likeness (QED) is 0.631. The van der Waals surface area contributed by atoms with Crippen LogP contribution in [0.2, 0.25) is 0 Å². The van der Waals surface area contributed by atoms with Gasteiger partial charge in [-0.3, -0.25) is 0 Å². The summed E-state index contributed by atoms with van der Waals surface area (Å²) in [7, 11) is 0. The Labute approximate surface area is 91.3 Å². The Bertz CT molecular complexity index is 236. The molecule has 86 valence electrons. The van der Waals surface area contributed by atoms with Crippen LogP contribution in [0.3, 0.4) is 0 Å². The Hall–Kier alpha value is -0.870. The van der Waals surface area contributed by atoms with E-state index in [1.807, 2.05) is 12.5 Å². The number of aliphatic hydroxyl groups excluding tert-OH is 1. The van der Waals surface area contributed by atoms with Crippen LogP contribution in [-0.4, -0.2) is 33.9 Å². The van der Waals surface area contributed by atoms with Gasteiger partial charge >= 0.3 is 0 Å². The van der Waals surface area contributed by atoms with Crippen molar-refractivity contribution in [1.29, 1.82) is 0 Å². The molecule has 0 saturated carbocycles. The molecule has 1 rings (SSSR count). The van der Waals surface area contributed by atoms with E-state index in [9.17, 15) is 0 Å². The number of nitrogens with one attached hydrogen (secondary N) is 1. The molecule has 15 heavy (non-hydrogen) atoms. The summed E-state index contributed by atoms with van der Waals surface area (Å²) in [6.07, 6.45) is 8.76. The van der Waals surface area contributed by atoms with Crippen LogP contribution >= 0.6 is 0 Å². The molecular weight excluding hydrogens is 190 g/mol. The lowest BCUT2D eigenvalue weighted by Gasteiger charge is -2.13. The number of aliphatic hydroxyl groups is 1. The molecule has 0 amide bonds. The average molecular weight is 211 g/mol. The van der Waals surface area contributed by atoms with Crippen molar-refractivity contribution in [2.75, 3.05) is 13.2 Å². The molecule has 1 heterocycles. The van der Waals surface area contributed by atoms with E-state index in [2.05, 4.69) is 21.8 Å². The molecule has 0 saturated heterocycles. The summed E-state index contributed by atoms with van der Waals surface area (Å²) in [6.45, 7) is 4.46. The summed E-state index contributed by atoms with van der Waals surface area (Å²) in [4.78, 5) is 4.00. The predicted molar refractivity (Wildman–Crippen MR) is 60.6 cm³/mol. The minimum absolute atomic E-state index is 0.310. The van der Waals surface area contributed by atoms with Crippen molar-refractivity contribution in [2.45, 2.75) is 38.8 Å². The van der Waals surface area contributed by atoms with Crippen molar-refractivity contribution >= 4 is 0 Å². The van der Waals surface area contributed by atoms with E-state index >= 15 is 0 Å². The van der Waals surface area contributed by atoms with Gasteiger partial charge in [-0.05, 0) is 32.7 Å². The van der Waals surface area contributed by atoms with Crippen molar-refractivity contribution in [3.8, 4) is 0 Å². The molecule has 0 spiro atoms. The fourth-order valence-electron chi connectivity index (χ4n) is 1.54. The molecule has 1 aromatic heterocycles. The summed E-state index contributed by atoms with van der Waals surface area (Å²) in [5.74, 6) is 0. The van der Waals surface area contributed by atoms with Gasteiger partial charge in [-0.15, -0.1) is 0 Å². The first-order chi connectivity index (χ1) is 7.33. The van der Waals surface area contributed by atoms with E-state index in [-0.39, 0.29) is 0 Å². The number of hydrogen-bond acceptors (Lipinski definition) is 3. The third-order valence-electron chi connectivity index (χ3n) is 2.37. The number of unbranched alkanes of at least 4 members (excludes halogenated alkanes) is 2. The molecule has 0 radical (unpaired) electrons. The van der Waals surface area contributed by atoms with E-state index in [4.69, 9.17) is 5.11 Å². The molecule has 2 N–H and O–H groups in total. The van der Waals surface area contributed by atoms with Crippen molar-refractivity contribution < 1.29 is 5.11 Å². The Morgan fingerprint density at radius 3 is 2.93 bits per heavy atom. The third-order valence-corrected chi connectivity index (χ3v) is 2.37. The highest BCUT2D eigenvalue weighted by Gasteiger charge is 2.00. The monoisotopic (exact) mass is 211 g/mol. The molecule has 0 bridgehead atoms. The smallest absolute Gasteiger partial charge is 0.0946 e. The van der Waals surface area contributed by atoms with E-state index in [1.54, 1.807) is 6.20 Å². The van der Waals surface area contributed by atoms with Gasteiger partial charge in [0.2, 0.25) is 0 Å². The largest absolute Gasteiger partial charge is 0.396 e. The Balaban J connectivity index is 2.01. The summed E-state index contributed by atoms with van der Waals surface area (Å²) in [5.41, 5.74) is 0. The zero-order valence-electron chi connectivity index (χ0n) is 9.39. The van der Waals surface area contributed by atoms with Gasteiger partial charge in [0.15, 0.2) is 0 Å². The van der Waals surface area contributed by atoms with E-state index in [0.29, 0.717) is 12.6 Å². The Morgan fingerprint density at radius 2 is 2.27 bits per heavy atom. The van der Waals surface area contributed by atoms with Crippen molar-refractivity contribution in [3.05, 3.63) is 18.7 Å². The maximum Gasteiger partial charge on any atom is 0.0946 e. The van der Waals surface area contributed by atoms with Crippen molar-refractivity contribution in [3.63, 3.8) is 0 Å². The molecule has 0 fully saturated rings. The summed E-state index contributed by atoms with van der Waals surface area (Å²) >= 11 is 0. The lowest BCUT2D eigenvalue weighted by Crippen LogP contribution is -2.30. The molecule has 0 aliphatic rings. The number of nitrogens with zero attached hydrogens (tertiary/aromatic N) is 2. The highest BCUT2D eigenvalue weighted by Crippen LogP contribution is 1.95. The SMILES string of the molecule is CC(Cn1ccnc1)NCCCCCO. The molecule has 1 unspecified atom stereocenters. The van der Waals surface area contributed by atoms with Crippen LogP contribution < -0.4 is 5.32 Å². The van der Waals surface area contributed by atoms with Gasteiger partial charge in [0.1, 0.15) is 0 Å². The number of hydrogen-bond donors (Lipinski definition) is 2. The second kappa shape index (κ2) is 7.43. The fraction of sp³-hybridized carbons (Fsp3) is 0.727. The van der Waals surface area contributed by atoms with Gasteiger partial charge in [0.25, 0.3) is 0 Å². The highest BCUT2D eigenvalue weighted by atomic mass is 16.2. The number of rotatable bonds is 8. The van der Waals surface area contributed by atoms with Crippen LogP contribution in [0.25, 0.3) is 0 Å². The second-order valence-corrected chi connectivity index (χ2v) is 3.90. The maximum absolute atomic E-state index is 8.62. The zero-order valence-corrected chi connectivity index (χ0v) is 9.39. The molecular formula is C11H21N3O. The fourth-order valence-corrected chi connectivity index (χ4v) is 1.54. The zero-order chi connectivity index (χ0) is 10.9. The second-order valence-electron chi connectivity index (χ2n) is 3.90. The topological polar surface area (TPSA) is 50.1 Å². The first-order valence-electron chi connectivity index (χ1n) is 5.63. The number of aromatic nitrogens is 2. The van der Waals surface area contributed by atoms with Crippen LogP contribution in [0.5, 0.6) is 0 Å². The van der Waals surface area contributed by atoms with Crippen LogP contribution in [-0.2, 0) is 6.54 Å². The van der Waals surface area contributed by atoms with Gasteiger partial charge in [-0.2, -0.15) is 0 Å². The lowest BCUT2D eigenvalue weighted by molar-refractivity contribution is 0.282.